The number of hydrogen-bond donors (Lipinski definition) is 1. The van der Waals surface area contributed by atoms with Gasteiger partial charge in [0, 0.05) is 32.7 Å². The Bertz CT molecular complexity index is 443. The van der Waals surface area contributed by atoms with Gasteiger partial charge in [0.15, 0.2) is 0 Å². The van der Waals surface area contributed by atoms with E-state index >= 15 is 0 Å². The quantitative estimate of drug-likeness (QED) is 0.829. The molecule has 0 saturated carbocycles. The Labute approximate surface area is 122 Å². The molecule has 20 heavy (non-hydrogen) atoms. The average molecular weight is 277 g/mol. The van der Waals surface area contributed by atoms with E-state index in [4.69, 9.17) is 9.47 Å². The Balaban J connectivity index is 1.90. The highest BCUT2D eigenvalue weighted by molar-refractivity contribution is 5.40. The predicted octanol–water partition coefficient (Wildman–Crippen LogP) is 3.33. The fourth-order valence-corrected chi connectivity index (χ4v) is 2.49. The molecule has 0 aromatic heterocycles. The van der Waals surface area contributed by atoms with Crippen molar-refractivity contribution >= 4 is 0 Å². The molecule has 1 aromatic rings. The molecular formula is C17H27NO2. The second-order valence-electron chi connectivity index (χ2n) is 6.48. The van der Waals surface area contributed by atoms with Crippen LogP contribution in [0.5, 0.6) is 5.75 Å². The zero-order chi connectivity index (χ0) is 14.6. The van der Waals surface area contributed by atoms with Crippen LogP contribution < -0.4 is 10.1 Å². The molecule has 0 spiro atoms. The molecule has 1 aliphatic rings. The van der Waals surface area contributed by atoms with Crippen molar-refractivity contribution in [1.29, 1.82) is 0 Å². The van der Waals surface area contributed by atoms with E-state index in [1.54, 1.807) is 7.11 Å². The van der Waals surface area contributed by atoms with E-state index in [0.29, 0.717) is 6.04 Å². The van der Waals surface area contributed by atoms with Gasteiger partial charge >= 0.3 is 0 Å². The monoisotopic (exact) mass is 277 g/mol. The van der Waals surface area contributed by atoms with Crippen LogP contribution >= 0.6 is 0 Å². The third-order valence-corrected chi connectivity index (χ3v) is 4.08. The summed E-state index contributed by atoms with van der Waals surface area (Å²) in [4.78, 5) is 0. The van der Waals surface area contributed by atoms with Gasteiger partial charge in [-0.05, 0) is 36.0 Å². The first kappa shape index (κ1) is 15.3. The lowest BCUT2D eigenvalue weighted by Gasteiger charge is -2.27. The Morgan fingerprint density at radius 3 is 2.95 bits per heavy atom. The number of hydrogen-bond acceptors (Lipinski definition) is 3. The van der Waals surface area contributed by atoms with Gasteiger partial charge in [-0.2, -0.15) is 0 Å². The summed E-state index contributed by atoms with van der Waals surface area (Å²) in [7, 11) is 1.76. The molecule has 1 aromatic carbocycles. The first-order valence-corrected chi connectivity index (χ1v) is 7.50. The van der Waals surface area contributed by atoms with Gasteiger partial charge in [-0.1, -0.05) is 26.0 Å². The third-order valence-electron chi connectivity index (χ3n) is 4.08. The lowest BCUT2D eigenvalue weighted by Crippen LogP contribution is -2.32. The summed E-state index contributed by atoms with van der Waals surface area (Å²) < 4.78 is 10.7. The fraction of sp³-hybridized carbons (Fsp3) is 0.647. The van der Waals surface area contributed by atoms with E-state index < -0.39 is 0 Å². The number of fused-ring (bicyclic) bond motifs is 1. The van der Waals surface area contributed by atoms with Gasteiger partial charge < -0.3 is 14.8 Å². The van der Waals surface area contributed by atoms with Crippen molar-refractivity contribution in [3.8, 4) is 5.75 Å². The number of benzene rings is 1. The van der Waals surface area contributed by atoms with Gasteiger partial charge in [0.2, 0.25) is 0 Å². The number of nitrogens with one attached hydrogen (secondary N) is 1. The number of methoxy groups -OCH3 is 1. The van der Waals surface area contributed by atoms with Gasteiger partial charge in [-0.15, -0.1) is 0 Å². The molecule has 0 aliphatic carbocycles. The molecule has 1 atom stereocenters. The van der Waals surface area contributed by atoms with Crippen LogP contribution in [0.2, 0.25) is 0 Å². The third kappa shape index (κ3) is 3.97. The van der Waals surface area contributed by atoms with E-state index in [1.165, 1.54) is 11.1 Å². The molecule has 0 bridgehead atoms. The summed E-state index contributed by atoms with van der Waals surface area (Å²) in [5.74, 6) is 1.06. The van der Waals surface area contributed by atoms with Crippen molar-refractivity contribution < 1.29 is 9.47 Å². The molecule has 0 amide bonds. The molecule has 112 valence electrons. The normalized spacial score (nSPS) is 15.8. The average Bonchev–Trinajstić information content (AvgIpc) is 2.90. The van der Waals surface area contributed by atoms with Crippen LogP contribution in [-0.4, -0.2) is 26.9 Å². The molecule has 1 unspecified atom stereocenters. The highest BCUT2D eigenvalue weighted by Gasteiger charge is 2.19. The van der Waals surface area contributed by atoms with Crippen LogP contribution in [0.3, 0.4) is 0 Å². The second kappa shape index (κ2) is 6.59. The number of rotatable bonds is 7. The number of ether oxygens (including phenoxy) is 2. The summed E-state index contributed by atoms with van der Waals surface area (Å²) in [6, 6.07) is 6.92. The van der Waals surface area contributed by atoms with Crippen molar-refractivity contribution in [2.45, 2.75) is 39.7 Å². The summed E-state index contributed by atoms with van der Waals surface area (Å²) in [5.41, 5.74) is 2.94. The van der Waals surface area contributed by atoms with E-state index in [1.807, 2.05) is 0 Å². The smallest absolute Gasteiger partial charge is 0.122 e. The minimum Gasteiger partial charge on any atom is -0.493 e. The predicted molar refractivity (Wildman–Crippen MR) is 82.3 cm³/mol. The molecule has 2 rings (SSSR count). The largest absolute Gasteiger partial charge is 0.493 e. The maximum atomic E-state index is 5.56. The highest BCUT2D eigenvalue weighted by atomic mass is 16.5. The molecule has 0 radical (unpaired) electrons. The second-order valence-corrected chi connectivity index (χ2v) is 6.48. The van der Waals surface area contributed by atoms with Gasteiger partial charge in [-0.3, -0.25) is 0 Å². The molecule has 0 saturated heterocycles. The molecule has 1 heterocycles. The van der Waals surface area contributed by atoms with Crippen LogP contribution in [-0.2, 0) is 11.2 Å². The minimum atomic E-state index is 0.254. The Morgan fingerprint density at radius 1 is 1.40 bits per heavy atom. The van der Waals surface area contributed by atoms with Crippen molar-refractivity contribution in [1.82, 2.24) is 5.32 Å². The maximum absolute atomic E-state index is 5.56. The zero-order valence-electron chi connectivity index (χ0n) is 13.2. The van der Waals surface area contributed by atoms with Crippen LogP contribution in [0.15, 0.2) is 18.2 Å². The standard InChI is InChI=1S/C17H27NO2/c1-13(18-12-17(2,3)8-10-19-4)14-5-6-16-15(11-14)7-9-20-16/h5-6,11,13,18H,7-10,12H2,1-4H3. The topological polar surface area (TPSA) is 30.5 Å². The summed E-state index contributed by atoms with van der Waals surface area (Å²) in [6.07, 6.45) is 2.11. The highest BCUT2D eigenvalue weighted by Crippen LogP contribution is 2.28. The van der Waals surface area contributed by atoms with Crippen LogP contribution in [0, 0.1) is 5.41 Å². The molecular weight excluding hydrogens is 250 g/mol. The van der Waals surface area contributed by atoms with Crippen LogP contribution in [0.1, 0.15) is 44.4 Å². The lowest BCUT2D eigenvalue weighted by atomic mass is 9.89. The minimum absolute atomic E-state index is 0.254. The Morgan fingerprint density at radius 2 is 2.20 bits per heavy atom. The first-order valence-electron chi connectivity index (χ1n) is 7.50. The van der Waals surface area contributed by atoms with Gasteiger partial charge in [0.25, 0.3) is 0 Å². The first-order chi connectivity index (χ1) is 9.52. The molecule has 3 nitrogen and oxygen atoms in total. The summed E-state index contributed by atoms with van der Waals surface area (Å²) >= 11 is 0. The van der Waals surface area contributed by atoms with E-state index in [0.717, 1.165) is 38.3 Å². The fourth-order valence-electron chi connectivity index (χ4n) is 2.49. The van der Waals surface area contributed by atoms with Crippen molar-refractivity contribution in [3.05, 3.63) is 29.3 Å². The maximum Gasteiger partial charge on any atom is 0.122 e. The van der Waals surface area contributed by atoms with Crippen LogP contribution in [0.4, 0.5) is 0 Å². The van der Waals surface area contributed by atoms with E-state index in [2.05, 4.69) is 44.3 Å². The van der Waals surface area contributed by atoms with E-state index in [-0.39, 0.29) is 5.41 Å². The molecule has 1 N–H and O–H groups in total. The van der Waals surface area contributed by atoms with E-state index in [9.17, 15) is 0 Å². The van der Waals surface area contributed by atoms with Crippen molar-refractivity contribution in [2.75, 3.05) is 26.9 Å². The van der Waals surface area contributed by atoms with Gasteiger partial charge in [0.1, 0.15) is 5.75 Å². The molecule has 3 heteroatoms. The summed E-state index contributed by atoms with van der Waals surface area (Å²) in [5, 5.41) is 3.64. The molecule has 0 fully saturated rings. The summed E-state index contributed by atoms with van der Waals surface area (Å²) in [6.45, 7) is 9.42. The van der Waals surface area contributed by atoms with Gasteiger partial charge in [0.05, 0.1) is 6.61 Å². The SMILES string of the molecule is COCCC(C)(C)CNC(C)c1ccc2c(c1)CCO2. The Kier molecular flexibility index (Phi) is 5.06. The Hall–Kier alpha value is -1.06. The van der Waals surface area contributed by atoms with Gasteiger partial charge in [-0.25, -0.2) is 0 Å². The molecule has 1 aliphatic heterocycles. The zero-order valence-corrected chi connectivity index (χ0v) is 13.2. The lowest BCUT2D eigenvalue weighted by molar-refractivity contribution is 0.149. The van der Waals surface area contributed by atoms with Crippen LogP contribution in [0.25, 0.3) is 0 Å². The van der Waals surface area contributed by atoms with Crippen molar-refractivity contribution in [3.63, 3.8) is 0 Å². The van der Waals surface area contributed by atoms with Crippen molar-refractivity contribution in [2.24, 2.45) is 5.41 Å².